The van der Waals surface area contributed by atoms with Crippen molar-refractivity contribution in [2.45, 2.75) is 134 Å². The van der Waals surface area contributed by atoms with Gasteiger partial charge in [-0.25, -0.2) is 4.98 Å². The summed E-state index contributed by atoms with van der Waals surface area (Å²) in [5, 5.41) is 9.74. The van der Waals surface area contributed by atoms with Crippen LogP contribution in [-0.4, -0.2) is 39.8 Å². The van der Waals surface area contributed by atoms with Gasteiger partial charge in [0.05, 0.1) is 12.3 Å². The van der Waals surface area contributed by atoms with E-state index in [0.29, 0.717) is 25.7 Å². The Morgan fingerprint density at radius 2 is 1.40 bits per heavy atom. The molecule has 0 aliphatic carbocycles. The average molecular weight is 575 g/mol. The maximum atomic E-state index is 12.1. The molecule has 0 aliphatic rings. The molecule has 1 aromatic carbocycles. The molecule has 224 valence electrons. The van der Waals surface area contributed by atoms with E-state index < -0.39 is 5.97 Å². The molecule has 1 aromatic heterocycles. The number of carboxylic acid groups (broad SMARTS) is 1. The van der Waals surface area contributed by atoms with Crippen molar-refractivity contribution in [3.63, 3.8) is 0 Å². The fourth-order valence-corrected chi connectivity index (χ4v) is 6.10. The van der Waals surface area contributed by atoms with E-state index in [4.69, 9.17) is 19.6 Å². The summed E-state index contributed by atoms with van der Waals surface area (Å²) in [6, 6.07) is 6.58. The maximum Gasteiger partial charge on any atom is 0.305 e. The van der Waals surface area contributed by atoms with Crippen molar-refractivity contribution in [2.24, 2.45) is 0 Å². The third-order valence-corrected chi connectivity index (χ3v) is 7.92. The number of hydrogen-bond acceptors (Lipinski definition) is 6. The fourth-order valence-electron chi connectivity index (χ4n) is 4.71. The molecule has 2 aromatic rings. The van der Waals surface area contributed by atoms with E-state index in [1.165, 1.54) is 41.7 Å². The summed E-state index contributed by atoms with van der Waals surface area (Å²) in [7, 11) is 0. The number of carbonyl (C=O) groups excluding carboxylic acids is 1. The smallest absolute Gasteiger partial charge is 0.305 e. The molecule has 0 bridgehead atoms. The number of rotatable bonds is 21. The predicted octanol–water partition coefficient (Wildman–Crippen LogP) is 8.37. The normalized spacial score (nSPS) is 11.3. The molecule has 0 aliphatic heterocycles. The van der Waals surface area contributed by atoms with Gasteiger partial charge in [0.15, 0.2) is 0 Å². The fraction of sp³-hybridized carbons (Fsp3) is 0.656. The lowest BCUT2D eigenvalue weighted by Gasteiger charge is -2.14. The number of benzene rings is 1. The van der Waals surface area contributed by atoms with Gasteiger partial charge in [-0.05, 0) is 62.8 Å². The molecule has 1 heterocycles. The van der Waals surface area contributed by atoms with Crippen LogP contribution in [0.4, 0.5) is 0 Å². The van der Waals surface area contributed by atoms with E-state index in [-0.39, 0.29) is 19.0 Å². The first kappa shape index (κ1) is 33.9. The Kier molecular flexibility index (Phi) is 16.0. The number of hydrogen-bond donors (Lipinski definition) is 1. The summed E-state index contributed by atoms with van der Waals surface area (Å²) in [6.45, 7) is 11.5. The van der Waals surface area contributed by atoms with Gasteiger partial charge in [-0.15, -0.1) is 0 Å². The zero-order valence-electron chi connectivity index (χ0n) is 25.3. The summed E-state index contributed by atoms with van der Waals surface area (Å²) >= 11 is 1.73. The first-order valence-electron chi connectivity index (χ1n) is 15.0. The number of imidazole rings is 1. The van der Waals surface area contributed by atoms with Crippen LogP contribution in [0.2, 0.25) is 0 Å². The molecule has 8 heteroatoms. The van der Waals surface area contributed by atoms with Gasteiger partial charge in [-0.3, -0.25) is 14.2 Å². The lowest BCUT2D eigenvalue weighted by atomic mass is 10.1. The number of unbranched alkanes of at least 4 members (excludes halogenated alkanes) is 9. The monoisotopic (exact) mass is 574 g/mol. The standard InChI is InChI=1S/C32H50N2O5S/c1-24(2)31-32(40-28-21-25(3)20-26(4)22-28)34(27(5)33-31)23-38-18-19-39-30(37)17-15-13-11-9-7-6-8-10-12-14-16-29(35)36/h20-22,24H,6-19,23H2,1-5H3,(H,35,36). The minimum Gasteiger partial charge on any atom is -0.481 e. The minimum atomic E-state index is -0.698. The quantitative estimate of drug-likeness (QED) is 0.118. The van der Waals surface area contributed by atoms with Gasteiger partial charge in [0, 0.05) is 17.7 Å². The summed E-state index contributed by atoms with van der Waals surface area (Å²) in [5.74, 6) is 0.368. The second kappa shape index (κ2) is 18.9. The lowest BCUT2D eigenvalue weighted by Crippen LogP contribution is -2.13. The molecule has 0 amide bonds. The van der Waals surface area contributed by atoms with Gasteiger partial charge < -0.3 is 14.6 Å². The number of aromatic nitrogens is 2. The summed E-state index contributed by atoms with van der Waals surface area (Å²) in [5.41, 5.74) is 3.56. The van der Waals surface area contributed by atoms with Crippen molar-refractivity contribution in [1.82, 2.24) is 9.55 Å². The Morgan fingerprint density at radius 3 is 1.95 bits per heavy atom. The van der Waals surface area contributed by atoms with Crippen LogP contribution < -0.4 is 0 Å². The highest BCUT2D eigenvalue weighted by Crippen LogP contribution is 2.35. The molecular weight excluding hydrogens is 524 g/mol. The van der Waals surface area contributed by atoms with E-state index >= 15 is 0 Å². The molecule has 7 nitrogen and oxygen atoms in total. The molecular formula is C32H50N2O5S. The number of esters is 1. The molecule has 1 N–H and O–H groups in total. The van der Waals surface area contributed by atoms with Crippen LogP contribution in [0.25, 0.3) is 0 Å². The minimum absolute atomic E-state index is 0.156. The van der Waals surface area contributed by atoms with Gasteiger partial charge >= 0.3 is 11.9 Å². The van der Waals surface area contributed by atoms with Gasteiger partial charge in [-0.2, -0.15) is 0 Å². The van der Waals surface area contributed by atoms with Crippen LogP contribution in [-0.2, 0) is 25.8 Å². The van der Waals surface area contributed by atoms with Crippen LogP contribution in [0.3, 0.4) is 0 Å². The highest BCUT2D eigenvalue weighted by atomic mass is 32.2. The molecule has 0 unspecified atom stereocenters. The SMILES string of the molecule is Cc1cc(C)cc(Sc2c(C(C)C)nc(C)n2COCCOC(=O)CCCCCCCCCCCCC(=O)O)c1. The number of nitrogens with zero attached hydrogens (tertiary/aromatic N) is 2. The molecule has 0 radical (unpaired) electrons. The largest absolute Gasteiger partial charge is 0.481 e. The summed E-state index contributed by atoms with van der Waals surface area (Å²) < 4.78 is 13.4. The van der Waals surface area contributed by atoms with Crippen LogP contribution >= 0.6 is 11.8 Å². The van der Waals surface area contributed by atoms with Crippen LogP contribution in [0.15, 0.2) is 28.1 Å². The van der Waals surface area contributed by atoms with Crippen molar-refractivity contribution in [3.05, 3.63) is 40.8 Å². The first-order chi connectivity index (χ1) is 19.2. The highest BCUT2D eigenvalue weighted by Gasteiger charge is 2.19. The van der Waals surface area contributed by atoms with Gasteiger partial charge in [0.1, 0.15) is 24.2 Å². The maximum absolute atomic E-state index is 12.1. The second-order valence-electron chi connectivity index (χ2n) is 11.0. The first-order valence-corrected chi connectivity index (χ1v) is 15.8. The number of carbonyl (C=O) groups is 2. The van der Waals surface area contributed by atoms with Gasteiger partial charge in [-0.1, -0.05) is 83.0 Å². The van der Waals surface area contributed by atoms with Gasteiger partial charge in [0.25, 0.3) is 0 Å². The summed E-state index contributed by atoms with van der Waals surface area (Å²) in [6.07, 6.45) is 11.5. The van der Waals surface area contributed by atoms with Crippen molar-refractivity contribution in [1.29, 1.82) is 0 Å². The van der Waals surface area contributed by atoms with Crippen LogP contribution in [0, 0.1) is 20.8 Å². The Labute approximate surface area is 245 Å². The molecule has 0 spiro atoms. The molecule has 0 atom stereocenters. The summed E-state index contributed by atoms with van der Waals surface area (Å²) in [4.78, 5) is 28.6. The molecule has 0 fully saturated rings. The van der Waals surface area contributed by atoms with E-state index in [1.807, 2.05) is 6.92 Å². The lowest BCUT2D eigenvalue weighted by molar-refractivity contribution is -0.145. The molecule has 2 rings (SSSR count). The van der Waals surface area contributed by atoms with E-state index in [0.717, 1.165) is 55.1 Å². The third-order valence-electron chi connectivity index (χ3n) is 6.83. The average Bonchev–Trinajstić information content (AvgIpc) is 3.18. The Morgan fingerprint density at radius 1 is 0.850 bits per heavy atom. The second-order valence-corrected chi connectivity index (χ2v) is 12.1. The Hall–Kier alpha value is -2.32. The number of aryl methyl sites for hydroxylation is 3. The predicted molar refractivity (Wildman–Crippen MR) is 161 cm³/mol. The Bertz CT molecular complexity index is 1030. The van der Waals surface area contributed by atoms with Crippen LogP contribution in [0.5, 0.6) is 0 Å². The zero-order valence-corrected chi connectivity index (χ0v) is 26.1. The van der Waals surface area contributed by atoms with E-state index in [9.17, 15) is 9.59 Å². The van der Waals surface area contributed by atoms with Crippen molar-refractivity contribution in [2.75, 3.05) is 13.2 Å². The van der Waals surface area contributed by atoms with Gasteiger partial charge in [0.2, 0.25) is 0 Å². The van der Waals surface area contributed by atoms with E-state index in [1.54, 1.807) is 11.8 Å². The molecule has 0 saturated carbocycles. The third kappa shape index (κ3) is 13.4. The topological polar surface area (TPSA) is 90.7 Å². The Balaban J connectivity index is 1.61. The highest BCUT2D eigenvalue weighted by molar-refractivity contribution is 7.99. The molecule has 0 saturated heterocycles. The van der Waals surface area contributed by atoms with Crippen molar-refractivity contribution >= 4 is 23.7 Å². The van der Waals surface area contributed by atoms with E-state index in [2.05, 4.69) is 50.5 Å². The number of ether oxygens (including phenoxy) is 2. The molecule has 40 heavy (non-hydrogen) atoms. The van der Waals surface area contributed by atoms with Crippen molar-refractivity contribution in [3.8, 4) is 0 Å². The zero-order chi connectivity index (χ0) is 29.3. The number of aliphatic carboxylic acids is 1. The van der Waals surface area contributed by atoms with Crippen molar-refractivity contribution < 1.29 is 24.2 Å². The number of carboxylic acids is 1. The van der Waals surface area contributed by atoms with Crippen LogP contribution in [0.1, 0.15) is 119 Å².